The molecule has 35 heavy (non-hydrogen) atoms. The molecule has 0 unspecified atom stereocenters. The van der Waals surface area contributed by atoms with Crippen LogP contribution in [0.2, 0.25) is 0 Å². The van der Waals surface area contributed by atoms with Gasteiger partial charge >= 0.3 is 0 Å². The standard InChI is InChI=1S/C23H19N5O5S2/c29-21(26-23-27-25-16-34-23)15-24-22(30)17-11-13-20(14-12-17)35(31,32)28(18-7-3-1-4-8-18)33-19-9-5-2-6-10-19/h1-14,16H,15H2,(H,24,30)(H,26,27,29). The summed E-state index contributed by atoms with van der Waals surface area (Å²) >= 11 is 1.15. The van der Waals surface area contributed by atoms with Gasteiger partial charge in [0.25, 0.3) is 15.9 Å². The summed E-state index contributed by atoms with van der Waals surface area (Å²) in [6.07, 6.45) is 0. The molecule has 10 nitrogen and oxygen atoms in total. The van der Waals surface area contributed by atoms with Gasteiger partial charge < -0.3 is 10.2 Å². The molecule has 0 fully saturated rings. The summed E-state index contributed by atoms with van der Waals surface area (Å²) in [5.41, 5.74) is 1.95. The Morgan fingerprint density at radius 3 is 2.20 bits per heavy atom. The topological polar surface area (TPSA) is 131 Å². The molecule has 0 aliphatic heterocycles. The van der Waals surface area contributed by atoms with Gasteiger partial charge in [0.15, 0.2) is 5.75 Å². The molecule has 4 rings (SSSR count). The van der Waals surface area contributed by atoms with Crippen molar-refractivity contribution < 1.29 is 22.8 Å². The molecule has 0 aliphatic carbocycles. The van der Waals surface area contributed by atoms with Gasteiger partial charge in [0.2, 0.25) is 11.0 Å². The molecule has 0 aliphatic rings. The minimum absolute atomic E-state index is 0.0807. The zero-order chi connectivity index (χ0) is 24.7. The minimum Gasteiger partial charge on any atom is -0.364 e. The van der Waals surface area contributed by atoms with Gasteiger partial charge in [-0.3, -0.25) is 14.9 Å². The van der Waals surface area contributed by atoms with E-state index in [2.05, 4.69) is 20.8 Å². The Hall–Kier alpha value is -4.29. The largest absolute Gasteiger partial charge is 0.364 e. The maximum atomic E-state index is 13.4. The normalized spacial score (nSPS) is 10.9. The number of carbonyl (C=O) groups is 2. The maximum Gasteiger partial charge on any atom is 0.295 e. The number of amides is 2. The molecular weight excluding hydrogens is 490 g/mol. The maximum absolute atomic E-state index is 13.4. The van der Waals surface area contributed by atoms with Gasteiger partial charge in [0.1, 0.15) is 5.51 Å². The van der Waals surface area contributed by atoms with Crippen molar-refractivity contribution in [1.29, 1.82) is 0 Å². The lowest BCUT2D eigenvalue weighted by Gasteiger charge is -2.24. The van der Waals surface area contributed by atoms with Crippen LogP contribution in [0.15, 0.2) is 95.3 Å². The third kappa shape index (κ3) is 5.99. The van der Waals surface area contributed by atoms with Crippen LogP contribution in [-0.2, 0) is 14.8 Å². The lowest BCUT2D eigenvalue weighted by molar-refractivity contribution is -0.115. The molecule has 0 spiro atoms. The summed E-state index contributed by atoms with van der Waals surface area (Å²) in [6.45, 7) is -0.287. The van der Waals surface area contributed by atoms with Crippen LogP contribution in [-0.4, -0.2) is 37.0 Å². The predicted molar refractivity (Wildman–Crippen MR) is 130 cm³/mol. The van der Waals surface area contributed by atoms with Crippen molar-refractivity contribution in [2.45, 2.75) is 4.90 Å². The molecule has 4 aromatic rings. The summed E-state index contributed by atoms with van der Waals surface area (Å²) in [6, 6.07) is 22.2. The zero-order valence-corrected chi connectivity index (χ0v) is 19.7. The van der Waals surface area contributed by atoms with Crippen molar-refractivity contribution >= 4 is 44.0 Å². The van der Waals surface area contributed by atoms with Gasteiger partial charge in [0, 0.05) is 5.56 Å². The van der Waals surface area contributed by atoms with Crippen molar-refractivity contribution in [3.05, 3.63) is 96.0 Å². The molecule has 0 bridgehead atoms. The number of nitrogens with zero attached hydrogens (tertiary/aromatic N) is 3. The van der Waals surface area contributed by atoms with Crippen molar-refractivity contribution in [2.75, 3.05) is 16.3 Å². The van der Waals surface area contributed by atoms with E-state index in [1.807, 2.05) is 0 Å². The summed E-state index contributed by atoms with van der Waals surface area (Å²) in [4.78, 5) is 30.0. The van der Waals surface area contributed by atoms with E-state index in [1.54, 1.807) is 60.7 Å². The number of anilines is 2. The van der Waals surface area contributed by atoms with E-state index in [0.717, 1.165) is 15.8 Å². The molecule has 12 heteroatoms. The molecule has 178 valence electrons. The van der Waals surface area contributed by atoms with Crippen molar-refractivity contribution in [2.24, 2.45) is 0 Å². The lowest BCUT2D eigenvalue weighted by atomic mass is 10.2. The summed E-state index contributed by atoms with van der Waals surface area (Å²) in [5.74, 6) is -0.671. The zero-order valence-electron chi connectivity index (χ0n) is 18.1. The number of rotatable bonds is 9. The molecule has 1 heterocycles. The van der Waals surface area contributed by atoms with E-state index in [4.69, 9.17) is 4.84 Å². The van der Waals surface area contributed by atoms with Crippen LogP contribution in [0.1, 0.15) is 10.4 Å². The van der Waals surface area contributed by atoms with Crippen LogP contribution in [0.4, 0.5) is 10.8 Å². The van der Waals surface area contributed by atoms with Gasteiger partial charge in [-0.1, -0.05) is 52.2 Å². The molecule has 2 amide bonds. The second-order valence-corrected chi connectivity index (χ2v) is 9.56. The molecule has 0 radical (unpaired) electrons. The smallest absolute Gasteiger partial charge is 0.295 e. The van der Waals surface area contributed by atoms with Crippen LogP contribution < -0.4 is 19.9 Å². The fourth-order valence-corrected chi connectivity index (χ4v) is 4.61. The molecular formula is C23H19N5O5S2. The van der Waals surface area contributed by atoms with E-state index in [1.165, 1.54) is 29.8 Å². The second kappa shape index (κ2) is 10.8. The number of nitrogens with one attached hydrogen (secondary N) is 2. The van der Waals surface area contributed by atoms with Crippen molar-refractivity contribution in [3.63, 3.8) is 0 Å². The van der Waals surface area contributed by atoms with Crippen molar-refractivity contribution in [3.8, 4) is 5.75 Å². The van der Waals surface area contributed by atoms with Gasteiger partial charge in [-0.25, -0.2) is 0 Å². The highest BCUT2D eigenvalue weighted by Crippen LogP contribution is 2.26. The minimum atomic E-state index is -4.15. The second-order valence-electron chi connectivity index (χ2n) is 6.97. The van der Waals surface area contributed by atoms with Crippen molar-refractivity contribution in [1.82, 2.24) is 15.5 Å². The Kier molecular flexibility index (Phi) is 7.33. The average Bonchev–Trinajstić information content (AvgIpc) is 3.40. The quantitative estimate of drug-likeness (QED) is 0.332. The number of aromatic nitrogens is 2. The number of carbonyl (C=O) groups excluding carboxylic acids is 2. The van der Waals surface area contributed by atoms with Gasteiger partial charge in [-0.15, -0.1) is 10.2 Å². The summed E-state index contributed by atoms with van der Waals surface area (Å²) in [7, 11) is -4.15. The number of hydrogen-bond acceptors (Lipinski definition) is 8. The van der Waals surface area contributed by atoms with Gasteiger partial charge in [0.05, 0.1) is 17.1 Å². The highest BCUT2D eigenvalue weighted by atomic mass is 32.2. The molecule has 0 saturated heterocycles. The molecule has 3 aromatic carbocycles. The molecule has 2 N–H and O–H groups in total. The fourth-order valence-electron chi connectivity index (χ4n) is 2.89. The Morgan fingerprint density at radius 1 is 0.914 bits per heavy atom. The van der Waals surface area contributed by atoms with E-state index < -0.39 is 21.8 Å². The SMILES string of the molecule is O=C(CNC(=O)c1ccc(S(=O)(=O)N(Oc2ccccc2)c2ccccc2)cc1)Nc1nncs1. The first-order valence-electron chi connectivity index (χ1n) is 10.2. The number of para-hydroxylation sites is 2. The van der Waals surface area contributed by atoms with Crippen LogP contribution >= 0.6 is 11.3 Å². The van der Waals surface area contributed by atoms with E-state index in [9.17, 15) is 18.0 Å². The molecule has 0 atom stereocenters. The first-order valence-corrected chi connectivity index (χ1v) is 12.5. The first kappa shape index (κ1) is 23.9. The van der Waals surface area contributed by atoms with Gasteiger partial charge in [-0.2, -0.15) is 8.42 Å². The van der Waals surface area contributed by atoms with Crippen LogP contribution in [0.5, 0.6) is 5.75 Å². The highest BCUT2D eigenvalue weighted by Gasteiger charge is 2.27. The number of hydrogen-bond donors (Lipinski definition) is 2. The highest BCUT2D eigenvalue weighted by molar-refractivity contribution is 7.92. The first-order chi connectivity index (χ1) is 16.9. The van der Waals surface area contributed by atoms with Gasteiger partial charge in [-0.05, 0) is 48.5 Å². The average molecular weight is 510 g/mol. The molecule has 0 saturated carbocycles. The Balaban J connectivity index is 1.48. The summed E-state index contributed by atoms with van der Waals surface area (Å²) < 4.78 is 27.7. The monoisotopic (exact) mass is 509 g/mol. The Bertz CT molecular complexity index is 1380. The molecule has 1 aromatic heterocycles. The Labute approximate surface area is 205 Å². The van der Waals surface area contributed by atoms with E-state index >= 15 is 0 Å². The van der Waals surface area contributed by atoms with Crippen LogP contribution in [0, 0.1) is 0 Å². The number of sulfonamides is 1. The van der Waals surface area contributed by atoms with E-state index in [0.29, 0.717) is 16.6 Å². The third-order valence-electron chi connectivity index (χ3n) is 4.55. The Morgan fingerprint density at radius 2 is 1.57 bits per heavy atom. The predicted octanol–water partition coefficient (Wildman–Crippen LogP) is 3.10. The van der Waals surface area contributed by atoms with Crippen LogP contribution in [0.25, 0.3) is 0 Å². The fraction of sp³-hybridized carbons (Fsp3) is 0.0435. The summed E-state index contributed by atoms with van der Waals surface area (Å²) in [5, 5.41) is 12.6. The lowest BCUT2D eigenvalue weighted by Crippen LogP contribution is -2.34. The van der Waals surface area contributed by atoms with Crippen LogP contribution in [0.3, 0.4) is 0 Å². The third-order valence-corrected chi connectivity index (χ3v) is 6.74. The van der Waals surface area contributed by atoms with E-state index in [-0.39, 0.29) is 17.0 Å². The number of benzene rings is 3.